The summed E-state index contributed by atoms with van der Waals surface area (Å²) in [7, 11) is 3.03. The Labute approximate surface area is 223 Å². The molecule has 2 aromatic carbocycles. The molecule has 4 rings (SSSR count). The van der Waals surface area contributed by atoms with Gasteiger partial charge in [0.05, 0.1) is 38.5 Å². The lowest BCUT2D eigenvalue weighted by atomic mass is 10.1. The molecule has 0 saturated heterocycles. The summed E-state index contributed by atoms with van der Waals surface area (Å²) >= 11 is 1.03. The molecule has 9 nitrogen and oxygen atoms in total. The fourth-order valence-electron chi connectivity index (χ4n) is 4.30. The Hall–Kier alpha value is -4.18. The number of aromatic nitrogens is 1. The lowest BCUT2D eigenvalue weighted by Crippen LogP contribution is -2.42. The number of anilines is 1. The molecular weight excluding hydrogens is 508 g/mol. The molecule has 1 atom stereocenters. The second-order valence-corrected chi connectivity index (χ2v) is 9.21. The van der Waals surface area contributed by atoms with Gasteiger partial charge in [-0.2, -0.15) is 0 Å². The maximum atomic E-state index is 14.1. The van der Waals surface area contributed by atoms with Crippen LogP contribution in [0.25, 0.3) is 11.0 Å². The molecule has 2 heterocycles. The summed E-state index contributed by atoms with van der Waals surface area (Å²) in [6, 6.07) is 14.2. The minimum atomic E-state index is -0.919. The first-order valence-corrected chi connectivity index (χ1v) is 12.8. The van der Waals surface area contributed by atoms with Crippen molar-refractivity contribution in [3.8, 4) is 11.5 Å². The molecule has 0 radical (unpaired) electrons. The van der Waals surface area contributed by atoms with Gasteiger partial charge in [-0.1, -0.05) is 48.2 Å². The zero-order valence-electron chi connectivity index (χ0n) is 21.5. The third-order valence-corrected chi connectivity index (χ3v) is 7.22. The van der Waals surface area contributed by atoms with E-state index in [2.05, 4.69) is 0 Å². The van der Waals surface area contributed by atoms with Crippen LogP contribution in [0, 0.1) is 0 Å². The SMILES string of the molecule is CCOC(=O)C1=c2/c(=C/c3ccccc3OC)c(N)c(C(=O)OCC)n2C(=O)C(c2ccccc2OC)S1. The van der Waals surface area contributed by atoms with Crippen LogP contribution < -0.4 is 25.8 Å². The van der Waals surface area contributed by atoms with E-state index >= 15 is 0 Å². The van der Waals surface area contributed by atoms with Crippen molar-refractivity contribution in [1.82, 2.24) is 4.57 Å². The van der Waals surface area contributed by atoms with E-state index in [0.29, 0.717) is 27.8 Å². The van der Waals surface area contributed by atoms with E-state index in [1.54, 1.807) is 56.3 Å². The molecule has 1 aliphatic heterocycles. The molecule has 0 amide bonds. The number of thioether (sulfide) groups is 1. The Kier molecular flexibility index (Phi) is 8.11. The summed E-state index contributed by atoms with van der Waals surface area (Å²) in [6.07, 6.45) is 1.68. The summed E-state index contributed by atoms with van der Waals surface area (Å²) in [4.78, 5) is 40.7. The molecule has 0 bridgehead atoms. The van der Waals surface area contributed by atoms with Crippen molar-refractivity contribution in [3.63, 3.8) is 0 Å². The average molecular weight is 537 g/mol. The van der Waals surface area contributed by atoms with Gasteiger partial charge in [-0.25, -0.2) is 9.59 Å². The smallest absolute Gasteiger partial charge is 0.357 e. The minimum Gasteiger partial charge on any atom is -0.496 e. The van der Waals surface area contributed by atoms with Crippen LogP contribution in [0.5, 0.6) is 11.5 Å². The normalized spacial score (nSPS) is 15.2. The Morgan fingerprint density at radius 3 is 2.21 bits per heavy atom. The number of carbonyl (C=O) groups excluding carboxylic acids is 3. The molecule has 0 saturated carbocycles. The van der Waals surface area contributed by atoms with Gasteiger partial charge in [0, 0.05) is 16.3 Å². The fraction of sp³-hybridized carbons (Fsp3) is 0.250. The minimum absolute atomic E-state index is 0.000723. The average Bonchev–Trinajstić information content (AvgIpc) is 3.21. The number of hydrogen-bond donors (Lipinski definition) is 1. The fourth-order valence-corrected chi connectivity index (χ4v) is 5.53. The Morgan fingerprint density at radius 1 is 0.947 bits per heavy atom. The first kappa shape index (κ1) is 26.9. The van der Waals surface area contributed by atoms with E-state index in [-0.39, 0.29) is 34.8 Å². The Morgan fingerprint density at radius 2 is 1.55 bits per heavy atom. The van der Waals surface area contributed by atoms with Gasteiger partial charge < -0.3 is 24.7 Å². The number of rotatable bonds is 8. The Balaban J connectivity index is 2.13. The molecule has 0 spiro atoms. The number of nitrogen functional groups attached to an aromatic ring is 1. The standard InChI is InChI=1S/C28H28N2O7S/c1-5-36-27(32)23-21(29)18(15-16-11-7-9-13-19(16)34-3)22-25(28(33)37-6-2)38-24(26(31)30(22)23)17-12-8-10-14-20(17)35-4/h7-15,24H,5-6,29H2,1-4H3/b18-15+. The number of esters is 2. The molecule has 10 heteroatoms. The molecule has 3 aromatic rings. The summed E-state index contributed by atoms with van der Waals surface area (Å²) in [6.45, 7) is 3.52. The van der Waals surface area contributed by atoms with Crippen LogP contribution in [0.4, 0.5) is 5.69 Å². The lowest BCUT2D eigenvalue weighted by Gasteiger charge is -2.24. The molecule has 1 unspecified atom stereocenters. The largest absolute Gasteiger partial charge is 0.496 e. The van der Waals surface area contributed by atoms with E-state index in [0.717, 1.165) is 11.8 Å². The molecule has 2 N–H and O–H groups in total. The van der Waals surface area contributed by atoms with E-state index < -0.39 is 23.1 Å². The number of benzene rings is 2. The van der Waals surface area contributed by atoms with Crippen LogP contribution in [0.3, 0.4) is 0 Å². The number of carbonyl (C=O) groups is 3. The van der Waals surface area contributed by atoms with Crippen molar-refractivity contribution < 1.29 is 33.3 Å². The zero-order chi connectivity index (χ0) is 27.4. The van der Waals surface area contributed by atoms with Crippen LogP contribution in [-0.2, 0) is 14.3 Å². The first-order chi connectivity index (χ1) is 18.4. The van der Waals surface area contributed by atoms with Gasteiger partial charge >= 0.3 is 11.9 Å². The zero-order valence-corrected chi connectivity index (χ0v) is 22.3. The quantitative estimate of drug-likeness (QED) is 0.434. The summed E-state index contributed by atoms with van der Waals surface area (Å²) < 4.78 is 22.8. The van der Waals surface area contributed by atoms with Crippen LogP contribution in [0.15, 0.2) is 48.5 Å². The maximum absolute atomic E-state index is 14.1. The van der Waals surface area contributed by atoms with Crippen molar-refractivity contribution in [2.75, 3.05) is 33.2 Å². The predicted octanol–water partition coefficient (Wildman–Crippen LogP) is 2.89. The van der Waals surface area contributed by atoms with Crippen molar-refractivity contribution in [1.29, 1.82) is 0 Å². The number of nitrogens with zero attached hydrogens (tertiary/aromatic N) is 1. The highest BCUT2D eigenvalue weighted by Crippen LogP contribution is 2.43. The number of hydrogen-bond acceptors (Lipinski definition) is 9. The second kappa shape index (κ2) is 11.5. The molecule has 0 aliphatic carbocycles. The highest BCUT2D eigenvalue weighted by Gasteiger charge is 2.39. The van der Waals surface area contributed by atoms with E-state index in [4.69, 9.17) is 24.7 Å². The summed E-state index contributed by atoms with van der Waals surface area (Å²) in [5, 5.41) is -0.451. The van der Waals surface area contributed by atoms with Gasteiger partial charge in [0.2, 0.25) is 5.91 Å². The van der Waals surface area contributed by atoms with Crippen LogP contribution in [0.1, 0.15) is 45.5 Å². The number of methoxy groups -OCH3 is 2. The number of fused-ring (bicyclic) bond motifs is 1. The molecule has 198 valence electrons. The summed E-state index contributed by atoms with van der Waals surface area (Å²) in [5.74, 6) is -0.897. The molecule has 38 heavy (non-hydrogen) atoms. The number of nitrogens with two attached hydrogens (primary N) is 1. The van der Waals surface area contributed by atoms with Crippen LogP contribution >= 0.6 is 11.8 Å². The maximum Gasteiger partial charge on any atom is 0.357 e. The molecule has 0 fully saturated rings. The predicted molar refractivity (Wildman–Crippen MR) is 145 cm³/mol. The molecule has 1 aromatic heterocycles. The van der Waals surface area contributed by atoms with Gasteiger partial charge in [0.15, 0.2) is 5.69 Å². The first-order valence-electron chi connectivity index (χ1n) is 11.9. The van der Waals surface area contributed by atoms with Gasteiger partial charge in [0.25, 0.3) is 0 Å². The highest BCUT2D eigenvalue weighted by atomic mass is 32.2. The van der Waals surface area contributed by atoms with Crippen molar-refractivity contribution in [2.45, 2.75) is 19.1 Å². The van der Waals surface area contributed by atoms with Crippen molar-refractivity contribution in [3.05, 3.63) is 75.9 Å². The third kappa shape index (κ3) is 4.74. The van der Waals surface area contributed by atoms with E-state index in [1.807, 2.05) is 12.1 Å². The van der Waals surface area contributed by atoms with Gasteiger partial charge in [-0.05, 0) is 32.1 Å². The van der Waals surface area contributed by atoms with Crippen LogP contribution in [-0.4, -0.2) is 49.8 Å². The van der Waals surface area contributed by atoms with E-state index in [9.17, 15) is 14.4 Å². The molecular formula is C28H28N2O7S. The monoisotopic (exact) mass is 536 g/mol. The van der Waals surface area contributed by atoms with Crippen molar-refractivity contribution in [2.24, 2.45) is 0 Å². The van der Waals surface area contributed by atoms with Crippen molar-refractivity contribution >= 4 is 46.3 Å². The number of ether oxygens (including phenoxy) is 4. The second-order valence-electron chi connectivity index (χ2n) is 8.09. The number of para-hydroxylation sites is 2. The summed E-state index contributed by atoms with van der Waals surface area (Å²) in [5.41, 5.74) is 7.57. The highest BCUT2D eigenvalue weighted by molar-refractivity contribution is 8.10. The van der Waals surface area contributed by atoms with Gasteiger partial charge in [-0.15, -0.1) is 0 Å². The topological polar surface area (TPSA) is 119 Å². The Bertz CT molecular complexity index is 1530. The van der Waals surface area contributed by atoms with Gasteiger partial charge in [-0.3, -0.25) is 9.36 Å². The van der Waals surface area contributed by atoms with Gasteiger partial charge in [0.1, 0.15) is 21.7 Å². The van der Waals surface area contributed by atoms with Crippen LogP contribution in [0.2, 0.25) is 0 Å². The lowest BCUT2D eigenvalue weighted by molar-refractivity contribution is -0.135. The van der Waals surface area contributed by atoms with E-state index in [1.165, 1.54) is 18.8 Å². The molecule has 1 aliphatic rings. The third-order valence-electron chi connectivity index (χ3n) is 5.93.